The summed E-state index contributed by atoms with van der Waals surface area (Å²) in [5, 5.41) is 4.39. The molecule has 0 radical (unpaired) electrons. The second kappa shape index (κ2) is 5.74. The summed E-state index contributed by atoms with van der Waals surface area (Å²) in [6, 6.07) is 6.90. The first-order chi connectivity index (χ1) is 9.04. The number of rotatable bonds is 4. The van der Waals surface area contributed by atoms with Gasteiger partial charge in [0.15, 0.2) is 0 Å². The molecule has 1 unspecified atom stereocenters. The zero-order chi connectivity index (χ0) is 14.0. The fourth-order valence-corrected chi connectivity index (χ4v) is 3.00. The van der Waals surface area contributed by atoms with E-state index >= 15 is 0 Å². The average Bonchev–Trinajstić information content (AvgIpc) is 2.41. The summed E-state index contributed by atoms with van der Waals surface area (Å²) in [7, 11) is 0. The van der Waals surface area contributed by atoms with Crippen molar-refractivity contribution in [2.45, 2.75) is 20.4 Å². The number of benzene rings is 1. The van der Waals surface area contributed by atoms with Crippen LogP contribution in [-0.2, 0) is 6.54 Å². The zero-order valence-electron chi connectivity index (χ0n) is 11.0. The van der Waals surface area contributed by atoms with E-state index < -0.39 is 0 Å². The van der Waals surface area contributed by atoms with Crippen LogP contribution in [0.4, 0.5) is 0 Å². The molecule has 0 bridgehead atoms. The van der Waals surface area contributed by atoms with E-state index in [1.165, 1.54) is 4.68 Å². The fraction of sp³-hybridized carbons (Fsp3) is 0.429. The van der Waals surface area contributed by atoms with Gasteiger partial charge in [0.05, 0.1) is 10.8 Å². The summed E-state index contributed by atoms with van der Waals surface area (Å²) in [5.74, 6) is 0.732. The van der Waals surface area contributed by atoms with Crippen molar-refractivity contribution >= 4 is 26.7 Å². The lowest BCUT2D eigenvalue weighted by Gasteiger charge is -2.19. The molecule has 5 heteroatoms. The molecule has 1 aromatic heterocycles. The number of H-pyrrole nitrogens is 1. The minimum absolute atomic E-state index is 0.137. The van der Waals surface area contributed by atoms with Crippen LogP contribution in [0.3, 0.4) is 0 Å². The molecule has 19 heavy (non-hydrogen) atoms. The molecule has 0 spiro atoms. The first-order valence-corrected chi connectivity index (χ1v) is 7.44. The number of nitrogens with zero attached hydrogens (tertiary/aromatic N) is 1. The molecule has 1 atom stereocenters. The Hall–Kier alpha value is -1.36. The van der Waals surface area contributed by atoms with E-state index in [2.05, 4.69) is 34.9 Å². The molecule has 0 saturated heterocycles. The van der Waals surface area contributed by atoms with Crippen molar-refractivity contribution in [2.75, 3.05) is 5.33 Å². The van der Waals surface area contributed by atoms with Crippen molar-refractivity contribution in [1.29, 1.82) is 0 Å². The molecule has 0 amide bonds. The number of aromatic nitrogens is 2. The van der Waals surface area contributed by atoms with Gasteiger partial charge < -0.3 is 0 Å². The quantitative estimate of drug-likeness (QED) is 0.878. The van der Waals surface area contributed by atoms with Crippen molar-refractivity contribution in [3.8, 4) is 0 Å². The third-order valence-electron chi connectivity index (χ3n) is 3.44. The number of alkyl halides is 1. The molecule has 1 aromatic carbocycles. The third kappa shape index (κ3) is 2.81. The number of nitrogens with one attached hydrogen (secondary N) is 1. The topological polar surface area (TPSA) is 54.9 Å². The maximum absolute atomic E-state index is 12.3. The maximum atomic E-state index is 12.3. The van der Waals surface area contributed by atoms with Gasteiger partial charge in [0.25, 0.3) is 11.1 Å². The summed E-state index contributed by atoms with van der Waals surface area (Å²) in [6.45, 7) is 4.73. The van der Waals surface area contributed by atoms with Gasteiger partial charge in [-0.25, -0.2) is 4.68 Å². The highest BCUT2D eigenvalue weighted by Gasteiger charge is 2.15. The van der Waals surface area contributed by atoms with Crippen molar-refractivity contribution in [3.63, 3.8) is 0 Å². The van der Waals surface area contributed by atoms with E-state index in [9.17, 15) is 9.59 Å². The molecule has 0 aliphatic rings. The summed E-state index contributed by atoms with van der Waals surface area (Å²) < 4.78 is 1.43. The molecular formula is C14H17BrN2O2. The highest BCUT2D eigenvalue weighted by atomic mass is 79.9. The highest BCUT2D eigenvalue weighted by molar-refractivity contribution is 9.09. The van der Waals surface area contributed by atoms with Crippen LogP contribution in [0.1, 0.15) is 13.8 Å². The van der Waals surface area contributed by atoms with Crippen LogP contribution < -0.4 is 11.1 Å². The predicted molar refractivity (Wildman–Crippen MR) is 81.0 cm³/mol. The van der Waals surface area contributed by atoms with Gasteiger partial charge >= 0.3 is 0 Å². The Bertz CT molecular complexity index is 688. The lowest BCUT2D eigenvalue weighted by atomic mass is 9.98. The van der Waals surface area contributed by atoms with Gasteiger partial charge in [-0.15, -0.1) is 0 Å². The molecule has 2 rings (SSSR count). The first kappa shape index (κ1) is 14.1. The third-order valence-corrected chi connectivity index (χ3v) is 4.27. The summed E-state index contributed by atoms with van der Waals surface area (Å²) in [6.07, 6.45) is 0. The fourth-order valence-electron chi connectivity index (χ4n) is 2.05. The maximum Gasteiger partial charge on any atom is 0.273 e. The largest absolute Gasteiger partial charge is 0.273 e. The van der Waals surface area contributed by atoms with Crippen LogP contribution in [0.2, 0.25) is 0 Å². The molecule has 1 N–H and O–H groups in total. The van der Waals surface area contributed by atoms with Crippen LogP contribution in [0.5, 0.6) is 0 Å². The molecule has 0 saturated carbocycles. The molecule has 0 aliphatic heterocycles. The SMILES string of the molecule is CC(C)C(CBr)Cn1[nH]c(=O)c2ccccc2c1=O. The minimum Gasteiger partial charge on any atom is -0.267 e. The number of aromatic amines is 1. The van der Waals surface area contributed by atoms with E-state index in [0.717, 1.165) is 5.33 Å². The Balaban J connectivity index is 2.54. The highest BCUT2D eigenvalue weighted by Crippen LogP contribution is 2.15. The summed E-state index contributed by atoms with van der Waals surface area (Å²) in [4.78, 5) is 24.3. The van der Waals surface area contributed by atoms with Crippen LogP contribution in [0.25, 0.3) is 10.8 Å². The van der Waals surface area contributed by atoms with Gasteiger partial charge in [-0.1, -0.05) is 41.9 Å². The van der Waals surface area contributed by atoms with E-state index in [0.29, 0.717) is 29.2 Å². The lowest BCUT2D eigenvalue weighted by Crippen LogP contribution is -2.33. The van der Waals surface area contributed by atoms with Gasteiger partial charge in [0.1, 0.15) is 0 Å². The lowest BCUT2D eigenvalue weighted by molar-refractivity contribution is 0.348. The Morgan fingerprint density at radius 2 is 1.84 bits per heavy atom. The van der Waals surface area contributed by atoms with Crippen LogP contribution in [0.15, 0.2) is 33.9 Å². The van der Waals surface area contributed by atoms with Crippen LogP contribution >= 0.6 is 15.9 Å². The number of hydrogen-bond donors (Lipinski definition) is 1. The Morgan fingerprint density at radius 3 is 2.42 bits per heavy atom. The standard InChI is InChI=1S/C14H17BrN2O2/c1-9(2)10(7-15)8-17-14(19)12-6-4-3-5-11(12)13(18)16-17/h3-6,9-10H,7-8H2,1-2H3,(H,16,18). The number of hydrogen-bond acceptors (Lipinski definition) is 2. The Morgan fingerprint density at radius 1 is 1.21 bits per heavy atom. The Labute approximate surface area is 119 Å². The first-order valence-electron chi connectivity index (χ1n) is 6.32. The van der Waals surface area contributed by atoms with Gasteiger partial charge in [-0.05, 0) is 24.0 Å². The Kier molecular flexibility index (Phi) is 4.24. The smallest absolute Gasteiger partial charge is 0.267 e. The molecule has 0 aliphatic carbocycles. The number of halogens is 1. The summed E-state index contributed by atoms with van der Waals surface area (Å²) >= 11 is 3.46. The number of fused-ring (bicyclic) bond motifs is 1. The molecule has 102 valence electrons. The van der Waals surface area contributed by atoms with Gasteiger partial charge in [0.2, 0.25) is 0 Å². The molecule has 2 aromatic rings. The van der Waals surface area contributed by atoms with Crippen molar-refractivity contribution in [3.05, 3.63) is 45.0 Å². The predicted octanol–water partition coefficient (Wildman–Crippen LogP) is 2.36. The second-order valence-electron chi connectivity index (χ2n) is 5.06. The van der Waals surface area contributed by atoms with Gasteiger partial charge in [-0.3, -0.25) is 14.7 Å². The van der Waals surface area contributed by atoms with Crippen molar-refractivity contribution < 1.29 is 0 Å². The van der Waals surface area contributed by atoms with E-state index in [1.807, 2.05) is 0 Å². The molecule has 1 heterocycles. The minimum atomic E-state index is -0.215. The normalized spacial score (nSPS) is 13.1. The summed E-state index contributed by atoms with van der Waals surface area (Å²) in [5.41, 5.74) is -0.353. The van der Waals surface area contributed by atoms with E-state index in [1.54, 1.807) is 24.3 Å². The monoisotopic (exact) mass is 324 g/mol. The van der Waals surface area contributed by atoms with E-state index in [4.69, 9.17) is 0 Å². The second-order valence-corrected chi connectivity index (χ2v) is 5.71. The van der Waals surface area contributed by atoms with Crippen molar-refractivity contribution in [1.82, 2.24) is 9.78 Å². The molecular weight excluding hydrogens is 308 g/mol. The van der Waals surface area contributed by atoms with Crippen LogP contribution in [0, 0.1) is 11.8 Å². The van der Waals surface area contributed by atoms with Gasteiger partial charge in [0, 0.05) is 11.9 Å². The molecule has 4 nitrogen and oxygen atoms in total. The van der Waals surface area contributed by atoms with Crippen molar-refractivity contribution in [2.24, 2.45) is 11.8 Å². The van der Waals surface area contributed by atoms with E-state index in [-0.39, 0.29) is 11.1 Å². The van der Waals surface area contributed by atoms with Gasteiger partial charge in [-0.2, -0.15) is 0 Å². The average molecular weight is 325 g/mol. The van der Waals surface area contributed by atoms with Crippen LogP contribution in [-0.4, -0.2) is 15.1 Å². The molecule has 0 fully saturated rings. The zero-order valence-corrected chi connectivity index (χ0v) is 12.6.